The highest BCUT2D eigenvalue weighted by Gasteiger charge is 2.18. The summed E-state index contributed by atoms with van der Waals surface area (Å²) in [5.74, 6) is 1.04. The smallest absolute Gasteiger partial charge is 0.251 e. The minimum absolute atomic E-state index is 0.0630. The highest BCUT2D eigenvalue weighted by Crippen LogP contribution is 2.29. The predicted molar refractivity (Wildman–Crippen MR) is 300 cm³/mol. The molecule has 1 rings (SSSR count). The number of ether oxygens (including phenoxy) is 2. The summed E-state index contributed by atoms with van der Waals surface area (Å²) in [6, 6.07) is 5.17. The van der Waals surface area contributed by atoms with E-state index in [1.165, 1.54) is 154 Å². The topological polar surface area (TPSA) is 170 Å². The SMILES string of the molecule is CCCCCCCCC=CCCCCCCCCOc1ccc(C(=O)NCCNC(=O)[C@H](CCCN(CCCN)CCCN)NCCCN)cc1OCCCCCCCCC=CCCCCCCCC. The largest absolute Gasteiger partial charge is 0.490 e. The molecule has 0 radical (unpaired) electrons. The van der Waals surface area contributed by atoms with E-state index < -0.39 is 0 Å². The van der Waals surface area contributed by atoms with Gasteiger partial charge in [-0.05, 0) is 160 Å². The van der Waals surface area contributed by atoms with E-state index in [2.05, 4.69) is 59.0 Å². The number of allylic oxidation sites excluding steroid dienone is 4. The van der Waals surface area contributed by atoms with Gasteiger partial charge in [-0.3, -0.25) is 9.59 Å². The molecule has 0 unspecified atom stereocenters. The van der Waals surface area contributed by atoms with Crippen molar-refractivity contribution in [2.75, 3.05) is 72.1 Å². The minimum atomic E-state index is -0.330. The first-order chi connectivity index (χ1) is 34.5. The zero-order valence-electron chi connectivity index (χ0n) is 45.5. The van der Waals surface area contributed by atoms with E-state index in [0.29, 0.717) is 76.0 Å². The van der Waals surface area contributed by atoms with Crippen molar-refractivity contribution < 1.29 is 19.1 Å². The molecule has 0 fully saturated rings. The Morgan fingerprint density at radius 2 is 0.929 bits per heavy atom. The molecule has 1 atom stereocenters. The van der Waals surface area contributed by atoms with E-state index in [1.54, 1.807) is 0 Å². The number of hydrogen-bond donors (Lipinski definition) is 6. The highest BCUT2D eigenvalue weighted by molar-refractivity contribution is 5.95. The first kappa shape index (κ1) is 65.1. The van der Waals surface area contributed by atoms with Crippen LogP contribution in [0.25, 0.3) is 0 Å². The third kappa shape index (κ3) is 39.6. The van der Waals surface area contributed by atoms with Crippen LogP contribution in [0.3, 0.4) is 0 Å². The number of unbranched alkanes of at least 4 members (excludes halogenated alkanes) is 24. The summed E-state index contributed by atoms with van der Waals surface area (Å²) in [4.78, 5) is 29.1. The molecule has 406 valence electrons. The number of hydrogen-bond acceptors (Lipinski definition) is 9. The first-order valence-electron chi connectivity index (χ1n) is 29.3. The fourth-order valence-electron chi connectivity index (χ4n) is 8.72. The van der Waals surface area contributed by atoms with Crippen LogP contribution in [0.5, 0.6) is 11.5 Å². The Hall–Kier alpha value is -2.96. The van der Waals surface area contributed by atoms with Gasteiger partial charge in [0.05, 0.1) is 19.3 Å². The molecular weight excluding hydrogens is 871 g/mol. The lowest BCUT2D eigenvalue weighted by Crippen LogP contribution is -2.47. The van der Waals surface area contributed by atoms with Crippen molar-refractivity contribution in [2.24, 2.45) is 17.2 Å². The molecule has 0 aliphatic carbocycles. The summed E-state index contributed by atoms with van der Waals surface area (Å²) in [5, 5.41) is 9.43. The fraction of sp³-hybridized carbons (Fsp3) is 0.797. The van der Waals surface area contributed by atoms with E-state index in [0.717, 1.165) is 71.0 Å². The van der Waals surface area contributed by atoms with Gasteiger partial charge in [-0.15, -0.1) is 0 Å². The number of amides is 2. The van der Waals surface area contributed by atoms with Gasteiger partial charge in [0.2, 0.25) is 5.91 Å². The van der Waals surface area contributed by atoms with Gasteiger partial charge < -0.3 is 47.5 Å². The number of nitrogens with zero attached hydrogens (tertiary/aromatic N) is 1. The molecule has 9 N–H and O–H groups in total. The maximum atomic E-state index is 13.4. The van der Waals surface area contributed by atoms with Crippen LogP contribution in [-0.4, -0.2) is 94.9 Å². The lowest BCUT2D eigenvalue weighted by atomic mass is 10.1. The molecule has 0 aliphatic heterocycles. The zero-order valence-corrected chi connectivity index (χ0v) is 45.5. The number of nitrogens with one attached hydrogen (secondary N) is 3. The van der Waals surface area contributed by atoms with Crippen LogP contribution in [0.4, 0.5) is 0 Å². The molecule has 1 aromatic carbocycles. The monoisotopic (exact) mass is 982 g/mol. The van der Waals surface area contributed by atoms with Crippen LogP contribution in [0.1, 0.15) is 236 Å². The van der Waals surface area contributed by atoms with Crippen molar-refractivity contribution in [3.8, 4) is 11.5 Å². The normalized spacial score (nSPS) is 12.1. The Balaban J connectivity index is 2.62. The molecule has 1 aromatic rings. The molecule has 0 saturated carbocycles. The first-order valence-corrected chi connectivity index (χ1v) is 29.3. The molecule has 0 bridgehead atoms. The quantitative estimate of drug-likeness (QED) is 0.0275. The van der Waals surface area contributed by atoms with Crippen molar-refractivity contribution >= 4 is 11.8 Å². The second kappa shape index (κ2) is 51.0. The Labute approximate surface area is 430 Å². The van der Waals surface area contributed by atoms with Crippen LogP contribution < -0.4 is 42.6 Å². The molecular formula is C59H111N7O4. The summed E-state index contributed by atoms with van der Waals surface area (Å²) in [6.45, 7) is 11.7. The highest BCUT2D eigenvalue weighted by atomic mass is 16.5. The number of benzene rings is 1. The number of nitrogens with two attached hydrogens (primary N) is 3. The molecule has 11 heteroatoms. The summed E-state index contributed by atoms with van der Waals surface area (Å²) in [7, 11) is 0. The van der Waals surface area contributed by atoms with Crippen molar-refractivity contribution in [3.63, 3.8) is 0 Å². The van der Waals surface area contributed by atoms with E-state index in [-0.39, 0.29) is 17.9 Å². The summed E-state index contributed by atoms with van der Waals surface area (Å²) in [5.41, 5.74) is 17.8. The summed E-state index contributed by atoms with van der Waals surface area (Å²) in [6.07, 6.45) is 49.3. The van der Waals surface area contributed by atoms with Gasteiger partial charge in [0.15, 0.2) is 11.5 Å². The second-order valence-corrected chi connectivity index (χ2v) is 19.7. The predicted octanol–water partition coefficient (Wildman–Crippen LogP) is 12.5. The van der Waals surface area contributed by atoms with E-state index >= 15 is 0 Å². The molecule has 0 heterocycles. The molecule has 0 saturated heterocycles. The van der Waals surface area contributed by atoms with Crippen molar-refractivity contribution in [3.05, 3.63) is 48.1 Å². The van der Waals surface area contributed by atoms with Crippen molar-refractivity contribution in [1.29, 1.82) is 0 Å². The van der Waals surface area contributed by atoms with Gasteiger partial charge in [-0.1, -0.05) is 154 Å². The van der Waals surface area contributed by atoms with Crippen LogP contribution >= 0.6 is 0 Å². The van der Waals surface area contributed by atoms with E-state index in [1.807, 2.05) is 18.2 Å². The summed E-state index contributed by atoms with van der Waals surface area (Å²) < 4.78 is 12.6. The Morgan fingerprint density at radius 3 is 1.41 bits per heavy atom. The standard InChI is InChI=1S/C59H111N7O4/c1-3-5-7-9-11-13-15-17-19-21-23-25-27-29-31-33-51-69-56-41-40-54(53-57(56)70-52-34-32-30-28-26-24-22-20-18-16-14-12-10-8-6-4-2)58(67)64-46-47-65-59(68)55(63-45-36-42-60)39-35-48-66(49-37-43-61)50-38-44-62/h17-20,40-41,53,55,63H,3-16,21-39,42-52,60-62H2,1-2H3,(H,64,67)(H,65,68)/t55-/m0/s1. The van der Waals surface area contributed by atoms with Crippen molar-refractivity contribution in [2.45, 2.75) is 232 Å². The molecule has 70 heavy (non-hydrogen) atoms. The van der Waals surface area contributed by atoms with Gasteiger partial charge >= 0.3 is 0 Å². The average Bonchev–Trinajstić information content (AvgIpc) is 3.37. The van der Waals surface area contributed by atoms with Crippen LogP contribution in [-0.2, 0) is 4.79 Å². The van der Waals surface area contributed by atoms with Gasteiger partial charge in [0.25, 0.3) is 5.91 Å². The lowest BCUT2D eigenvalue weighted by molar-refractivity contribution is -0.123. The van der Waals surface area contributed by atoms with Crippen LogP contribution in [0.15, 0.2) is 42.5 Å². The Bertz CT molecular complexity index is 1370. The van der Waals surface area contributed by atoms with E-state index in [9.17, 15) is 9.59 Å². The van der Waals surface area contributed by atoms with Gasteiger partial charge in [-0.2, -0.15) is 0 Å². The maximum absolute atomic E-state index is 13.4. The Morgan fingerprint density at radius 1 is 0.500 bits per heavy atom. The fourth-order valence-corrected chi connectivity index (χ4v) is 8.72. The Kier molecular flexibility index (Phi) is 47.4. The molecule has 0 aliphatic rings. The number of rotatable bonds is 53. The number of carbonyl (C=O) groups excluding carboxylic acids is 2. The molecule has 2 amide bonds. The van der Waals surface area contributed by atoms with Gasteiger partial charge in [0.1, 0.15) is 0 Å². The summed E-state index contributed by atoms with van der Waals surface area (Å²) >= 11 is 0. The van der Waals surface area contributed by atoms with Crippen molar-refractivity contribution in [1.82, 2.24) is 20.9 Å². The lowest BCUT2D eigenvalue weighted by Gasteiger charge is -2.24. The van der Waals surface area contributed by atoms with Crippen LogP contribution in [0.2, 0.25) is 0 Å². The third-order valence-corrected chi connectivity index (χ3v) is 13.2. The van der Waals surface area contributed by atoms with Gasteiger partial charge in [0, 0.05) is 18.7 Å². The maximum Gasteiger partial charge on any atom is 0.251 e. The van der Waals surface area contributed by atoms with E-state index in [4.69, 9.17) is 26.7 Å². The average molecular weight is 983 g/mol. The molecule has 0 aromatic heterocycles. The third-order valence-electron chi connectivity index (χ3n) is 13.2. The second-order valence-electron chi connectivity index (χ2n) is 19.7. The molecule has 11 nitrogen and oxygen atoms in total. The van der Waals surface area contributed by atoms with Gasteiger partial charge in [-0.25, -0.2) is 0 Å². The minimum Gasteiger partial charge on any atom is -0.490 e. The molecule has 0 spiro atoms. The zero-order chi connectivity index (χ0) is 50.6. The van der Waals surface area contributed by atoms with Crippen LogP contribution in [0, 0.1) is 0 Å². The number of carbonyl (C=O) groups is 2.